The SMILES string of the molecule is CCOC(=O)C1CCN(c2ccc(-c3ccc(OCc4ccccc4)nc3OCc3ccccc3)c(OC)c2)CC1. The maximum Gasteiger partial charge on any atom is 0.309 e. The fourth-order valence-corrected chi connectivity index (χ4v) is 5.01. The normalized spacial score (nSPS) is 13.5. The van der Waals surface area contributed by atoms with Gasteiger partial charge in [0.15, 0.2) is 0 Å². The molecular formula is C34H36N2O5. The van der Waals surface area contributed by atoms with Gasteiger partial charge in [0.05, 0.1) is 19.6 Å². The van der Waals surface area contributed by atoms with Crippen LogP contribution in [0.4, 0.5) is 5.69 Å². The molecule has 0 bridgehead atoms. The molecule has 212 valence electrons. The fraction of sp³-hybridized carbons (Fsp3) is 0.294. The first-order chi connectivity index (χ1) is 20.1. The van der Waals surface area contributed by atoms with Crippen LogP contribution in [-0.4, -0.2) is 37.8 Å². The van der Waals surface area contributed by atoms with Crippen molar-refractivity contribution in [3.05, 3.63) is 102 Å². The van der Waals surface area contributed by atoms with Crippen molar-refractivity contribution in [3.8, 4) is 28.6 Å². The van der Waals surface area contributed by atoms with Crippen molar-refractivity contribution in [2.75, 3.05) is 31.7 Å². The summed E-state index contributed by atoms with van der Waals surface area (Å²) < 4.78 is 23.4. The van der Waals surface area contributed by atoms with Gasteiger partial charge in [0.25, 0.3) is 0 Å². The lowest BCUT2D eigenvalue weighted by molar-refractivity contribution is -0.148. The van der Waals surface area contributed by atoms with Crippen molar-refractivity contribution in [3.63, 3.8) is 0 Å². The Labute approximate surface area is 241 Å². The second kappa shape index (κ2) is 13.7. The highest BCUT2D eigenvalue weighted by Gasteiger charge is 2.26. The van der Waals surface area contributed by atoms with Gasteiger partial charge in [0.2, 0.25) is 11.8 Å². The molecule has 7 heteroatoms. The number of rotatable bonds is 11. The summed E-state index contributed by atoms with van der Waals surface area (Å²) in [5, 5.41) is 0. The highest BCUT2D eigenvalue weighted by molar-refractivity contribution is 5.77. The molecule has 0 atom stereocenters. The number of benzene rings is 3. The third-order valence-electron chi connectivity index (χ3n) is 7.24. The van der Waals surface area contributed by atoms with Gasteiger partial charge in [-0.15, -0.1) is 0 Å². The largest absolute Gasteiger partial charge is 0.496 e. The number of aromatic nitrogens is 1. The molecule has 0 amide bonds. The monoisotopic (exact) mass is 552 g/mol. The van der Waals surface area contributed by atoms with Crippen LogP contribution in [0.2, 0.25) is 0 Å². The topological polar surface area (TPSA) is 70.1 Å². The molecule has 0 radical (unpaired) electrons. The molecule has 41 heavy (non-hydrogen) atoms. The van der Waals surface area contributed by atoms with Gasteiger partial charge in [0.1, 0.15) is 19.0 Å². The molecule has 1 saturated heterocycles. The van der Waals surface area contributed by atoms with Crippen molar-refractivity contribution in [2.45, 2.75) is 33.0 Å². The fourth-order valence-electron chi connectivity index (χ4n) is 5.01. The first kappa shape index (κ1) is 28.0. The molecule has 0 N–H and O–H groups in total. The van der Waals surface area contributed by atoms with Crippen molar-refractivity contribution >= 4 is 11.7 Å². The van der Waals surface area contributed by atoms with Gasteiger partial charge >= 0.3 is 5.97 Å². The molecule has 1 aliphatic rings. The van der Waals surface area contributed by atoms with E-state index in [4.69, 9.17) is 23.9 Å². The van der Waals surface area contributed by atoms with Crippen LogP contribution in [-0.2, 0) is 22.7 Å². The molecule has 0 unspecified atom stereocenters. The van der Waals surface area contributed by atoms with Gasteiger partial charge < -0.3 is 23.8 Å². The smallest absolute Gasteiger partial charge is 0.309 e. The number of carbonyl (C=O) groups is 1. The molecule has 1 fully saturated rings. The van der Waals surface area contributed by atoms with E-state index in [9.17, 15) is 4.79 Å². The molecule has 3 aromatic carbocycles. The molecular weight excluding hydrogens is 516 g/mol. The quantitative estimate of drug-likeness (QED) is 0.192. The third-order valence-corrected chi connectivity index (χ3v) is 7.24. The average Bonchev–Trinajstić information content (AvgIpc) is 3.04. The first-order valence-electron chi connectivity index (χ1n) is 14.1. The van der Waals surface area contributed by atoms with Crippen LogP contribution < -0.4 is 19.1 Å². The van der Waals surface area contributed by atoms with Crippen LogP contribution >= 0.6 is 0 Å². The summed E-state index contributed by atoms with van der Waals surface area (Å²) >= 11 is 0. The second-order valence-electron chi connectivity index (χ2n) is 9.95. The minimum atomic E-state index is -0.0909. The number of ether oxygens (including phenoxy) is 4. The maximum atomic E-state index is 12.2. The Morgan fingerprint density at radius 3 is 2.10 bits per heavy atom. The molecule has 2 heterocycles. The number of pyridine rings is 1. The van der Waals surface area contributed by atoms with Gasteiger partial charge in [-0.05, 0) is 49.1 Å². The lowest BCUT2D eigenvalue weighted by atomic mass is 9.96. The van der Waals surface area contributed by atoms with Crippen LogP contribution in [0.3, 0.4) is 0 Å². The lowest BCUT2D eigenvalue weighted by Crippen LogP contribution is -2.37. The van der Waals surface area contributed by atoms with Crippen LogP contribution in [0.25, 0.3) is 11.1 Å². The zero-order chi connectivity index (χ0) is 28.4. The predicted octanol–water partition coefficient (Wildman–Crippen LogP) is 6.69. The first-order valence-corrected chi connectivity index (χ1v) is 14.1. The molecule has 4 aromatic rings. The Kier molecular flexibility index (Phi) is 9.37. The summed E-state index contributed by atoms with van der Waals surface area (Å²) in [4.78, 5) is 19.2. The lowest BCUT2D eigenvalue weighted by Gasteiger charge is -2.33. The van der Waals surface area contributed by atoms with Gasteiger partial charge in [-0.3, -0.25) is 4.79 Å². The molecule has 0 spiro atoms. The zero-order valence-corrected chi connectivity index (χ0v) is 23.6. The number of anilines is 1. The number of carbonyl (C=O) groups excluding carboxylic acids is 1. The number of esters is 1. The highest BCUT2D eigenvalue weighted by atomic mass is 16.5. The Morgan fingerprint density at radius 2 is 1.46 bits per heavy atom. The number of nitrogens with zero attached hydrogens (tertiary/aromatic N) is 2. The summed E-state index contributed by atoms with van der Waals surface area (Å²) in [6.45, 7) is 4.62. The van der Waals surface area contributed by atoms with Crippen molar-refractivity contribution < 1.29 is 23.7 Å². The Balaban J connectivity index is 1.38. The van der Waals surface area contributed by atoms with Crippen LogP contribution in [0, 0.1) is 5.92 Å². The van der Waals surface area contributed by atoms with E-state index >= 15 is 0 Å². The van der Waals surface area contributed by atoms with E-state index in [1.165, 1.54) is 0 Å². The standard InChI is InChI=1S/C34H36N2O5/c1-3-39-34(37)27-18-20-36(21-19-27)28-14-15-29(31(22-28)38-2)30-16-17-32(40-23-25-10-6-4-7-11-25)35-33(30)41-24-26-12-8-5-9-13-26/h4-17,22,27H,3,18-21,23-24H2,1-2H3. The van der Waals surface area contributed by atoms with Gasteiger partial charge in [-0.2, -0.15) is 4.98 Å². The Bertz CT molecular complexity index is 1420. The van der Waals surface area contributed by atoms with Crippen LogP contribution in [0.5, 0.6) is 17.5 Å². The molecule has 1 aliphatic heterocycles. The number of methoxy groups -OCH3 is 1. The third kappa shape index (κ3) is 7.17. The van der Waals surface area contributed by atoms with E-state index in [0.717, 1.165) is 59.6 Å². The van der Waals surface area contributed by atoms with E-state index in [-0.39, 0.29) is 11.9 Å². The van der Waals surface area contributed by atoms with Crippen molar-refractivity contribution in [1.82, 2.24) is 4.98 Å². The maximum absolute atomic E-state index is 12.2. The number of hydrogen-bond acceptors (Lipinski definition) is 7. The van der Waals surface area contributed by atoms with E-state index in [1.54, 1.807) is 7.11 Å². The van der Waals surface area contributed by atoms with Gasteiger partial charge in [0, 0.05) is 42.0 Å². The van der Waals surface area contributed by atoms with Gasteiger partial charge in [-0.1, -0.05) is 60.7 Å². The minimum Gasteiger partial charge on any atom is -0.496 e. The number of piperidine rings is 1. The highest BCUT2D eigenvalue weighted by Crippen LogP contribution is 2.39. The molecule has 0 aliphatic carbocycles. The minimum absolute atomic E-state index is 0.0367. The van der Waals surface area contributed by atoms with E-state index in [2.05, 4.69) is 11.0 Å². The van der Waals surface area contributed by atoms with E-state index < -0.39 is 0 Å². The second-order valence-corrected chi connectivity index (χ2v) is 9.95. The van der Waals surface area contributed by atoms with E-state index in [0.29, 0.717) is 31.6 Å². The summed E-state index contributed by atoms with van der Waals surface area (Å²) in [6, 6.07) is 30.0. The summed E-state index contributed by atoms with van der Waals surface area (Å²) in [7, 11) is 1.67. The molecule has 1 aromatic heterocycles. The molecule has 0 saturated carbocycles. The van der Waals surface area contributed by atoms with Crippen LogP contribution in [0.15, 0.2) is 91.0 Å². The molecule has 5 rings (SSSR count). The summed E-state index contributed by atoms with van der Waals surface area (Å²) in [5.41, 5.74) is 4.86. The summed E-state index contributed by atoms with van der Waals surface area (Å²) in [5.74, 6) is 1.55. The average molecular weight is 553 g/mol. The van der Waals surface area contributed by atoms with E-state index in [1.807, 2.05) is 91.9 Å². The van der Waals surface area contributed by atoms with Crippen molar-refractivity contribution in [2.24, 2.45) is 5.92 Å². The Morgan fingerprint density at radius 1 is 0.829 bits per heavy atom. The van der Waals surface area contributed by atoms with Crippen molar-refractivity contribution in [1.29, 1.82) is 0 Å². The van der Waals surface area contributed by atoms with Crippen LogP contribution in [0.1, 0.15) is 30.9 Å². The summed E-state index contributed by atoms with van der Waals surface area (Å²) in [6.07, 6.45) is 1.55. The molecule has 7 nitrogen and oxygen atoms in total. The Hall–Kier alpha value is -4.52. The zero-order valence-electron chi connectivity index (χ0n) is 23.6. The predicted molar refractivity (Wildman–Crippen MR) is 159 cm³/mol. The number of hydrogen-bond donors (Lipinski definition) is 0. The van der Waals surface area contributed by atoms with Gasteiger partial charge in [-0.25, -0.2) is 0 Å².